The van der Waals surface area contributed by atoms with Crippen LogP contribution in [0.5, 0.6) is 0 Å². The van der Waals surface area contributed by atoms with Gasteiger partial charge in [-0.3, -0.25) is 9.59 Å². The molecule has 6 heteroatoms. The summed E-state index contributed by atoms with van der Waals surface area (Å²) in [5, 5.41) is 4.99. The van der Waals surface area contributed by atoms with E-state index in [0.717, 1.165) is 30.8 Å². The predicted octanol–water partition coefficient (Wildman–Crippen LogP) is 1.43. The quantitative estimate of drug-likeness (QED) is 0.865. The number of likely N-dealkylation sites (tertiary alicyclic amines) is 1. The SMILES string of the molecule is COCCC(=O)NC1CCN(C(=O)Cc2cccs2)CC1. The second kappa shape index (κ2) is 8.14. The maximum Gasteiger partial charge on any atom is 0.227 e. The van der Waals surface area contributed by atoms with Gasteiger partial charge in [-0.15, -0.1) is 11.3 Å². The number of ether oxygens (including phenoxy) is 1. The third kappa shape index (κ3) is 5.13. The summed E-state index contributed by atoms with van der Waals surface area (Å²) < 4.78 is 4.89. The minimum absolute atomic E-state index is 0.0280. The van der Waals surface area contributed by atoms with Gasteiger partial charge in [-0.05, 0) is 24.3 Å². The van der Waals surface area contributed by atoms with Crippen LogP contribution in [0.15, 0.2) is 17.5 Å². The summed E-state index contributed by atoms with van der Waals surface area (Å²) in [4.78, 5) is 26.8. The van der Waals surface area contributed by atoms with Crippen LogP contribution < -0.4 is 5.32 Å². The van der Waals surface area contributed by atoms with Crippen molar-refractivity contribution < 1.29 is 14.3 Å². The molecule has 0 aliphatic carbocycles. The van der Waals surface area contributed by atoms with Gasteiger partial charge in [0.15, 0.2) is 0 Å². The molecule has 1 fully saturated rings. The van der Waals surface area contributed by atoms with Crippen LogP contribution in [0.1, 0.15) is 24.1 Å². The number of hydrogen-bond acceptors (Lipinski definition) is 4. The lowest BCUT2D eigenvalue weighted by atomic mass is 10.0. The Morgan fingerprint density at radius 3 is 2.81 bits per heavy atom. The lowest BCUT2D eigenvalue weighted by Gasteiger charge is -2.32. The first-order valence-corrected chi connectivity index (χ1v) is 8.15. The average molecular weight is 310 g/mol. The van der Waals surface area contributed by atoms with Gasteiger partial charge in [0.05, 0.1) is 13.0 Å². The van der Waals surface area contributed by atoms with Crippen LogP contribution in [0.4, 0.5) is 0 Å². The van der Waals surface area contributed by atoms with E-state index >= 15 is 0 Å². The standard InChI is InChI=1S/C15H22N2O3S/c1-20-9-6-14(18)16-12-4-7-17(8-5-12)15(19)11-13-3-2-10-21-13/h2-3,10,12H,4-9,11H2,1H3,(H,16,18). The van der Waals surface area contributed by atoms with Gasteiger partial charge in [-0.25, -0.2) is 0 Å². The molecule has 0 bridgehead atoms. The molecule has 21 heavy (non-hydrogen) atoms. The van der Waals surface area contributed by atoms with Crippen molar-refractivity contribution in [2.24, 2.45) is 0 Å². The molecular formula is C15H22N2O3S. The third-order valence-corrected chi connectivity index (χ3v) is 4.53. The van der Waals surface area contributed by atoms with Crippen LogP contribution in [0.3, 0.4) is 0 Å². The number of rotatable bonds is 6. The van der Waals surface area contributed by atoms with Crippen molar-refractivity contribution >= 4 is 23.2 Å². The summed E-state index contributed by atoms with van der Waals surface area (Å²) in [6.07, 6.45) is 2.54. The van der Waals surface area contributed by atoms with E-state index in [0.29, 0.717) is 19.4 Å². The van der Waals surface area contributed by atoms with Gasteiger partial charge in [0, 0.05) is 37.5 Å². The Morgan fingerprint density at radius 1 is 1.43 bits per heavy atom. The summed E-state index contributed by atoms with van der Waals surface area (Å²) in [7, 11) is 1.59. The highest BCUT2D eigenvalue weighted by Crippen LogP contribution is 2.15. The number of piperidine rings is 1. The second-order valence-corrected chi connectivity index (χ2v) is 6.25. The van der Waals surface area contributed by atoms with Crippen molar-refractivity contribution in [2.75, 3.05) is 26.8 Å². The molecule has 5 nitrogen and oxygen atoms in total. The van der Waals surface area contributed by atoms with Gasteiger partial charge >= 0.3 is 0 Å². The molecule has 2 rings (SSSR count). The lowest BCUT2D eigenvalue weighted by Crippen LogP contribution is -2.47. The van der Waals surface area contributed by atoms with Gasteiger partial charge < -0.3 is 15.0 Å². The van der Waals surface area contributed by atoms with Crippen LogP contribution in [-0.2, 0) is 20.7 Å². The largest absolute Gasteiger partial charge is 0.384 e. The van der Waals surface area contributed by atoms with Crippen LogP contribution in [0.25, 0.3) is 0 Å². The number of nitrogens with zero attached hydrogens (tertiary/aromatic N) is 1. The van der Waals surface area contributed by atoms with Gasteiger partial charge in [0.2, 0.25) is 11.8 Å². The molecule has 1 aliphatic heterocycles. The Morgan fingerprint density at radius 2 is 2.19 bits per heavy atom. The second-order valence-electron chi connectivity index (χ2n) is 5.22. The molecule has 1 aliphatic rings. The summed E-state index contributed by atoms with van der Waals surface area (Å²) in [6, 6.07) is 4.14. The summed E-state index contributed by atoms with van der Waals surface area (Å²) in [6.45, 7) is 1.89. The normalized spacial score (nSPS) is 16.0. The van der Waals surface area contributed by atoms with E-state index in [4.69, 9.17) is 4.74 Å². The van der Waals surface area contributed by atoms with Crippen LogP contribution in [0, 0.1) is 0 Å². The number of hydrogen-bond donors (Lipinski definition) is 1. The van der Waals surface area contributed by atoms with Crippen molar-refractivity contribution in [1.29, 1.82) is 0 Å². The number of carbonyl (C=O) groups is 2. The zero-order chi connectivity index (χ0) is 15.1. The van der Waals surface area contributed by atoms with Crippen molar-refractivity contribution in [2.45, 2.75) is 31.7 Å². The van der Waals surface area contributed by atoms with Crippen molar-refractivity contribution in [3.05, 3.63) is 22.4 Å². The minimum atomic E-state index is 0.0280. The Balaban J connectivity index is 1.70. The summed E-state index contributed by atoms with van der Waals surface area (Å²) >= 11 is 1.62. The Hall–Kier alpha value is -1.40. The molecular weight excluding hydrogens is 288 g/mol. The number of nitrogens with one attached hydrogen (secondary N) is 1. The summed E-state index contributed by atoms with van der Waals surface area (Å²) in [5.74, 6) is 0.210. The van der Waals surface area contributed by atoms with Crippen molar-refractivity contribution in [3.8, 4) is 0 Å². The number of methoxy groups -OCH3 is 1. The highest BCUT2D eigenvalue weighted by molar-refractivity contribution is 7.10. The minimum Gasteiger partial charge on any atom is -0.384 e. The van der Waals surface area contributed by atoms with Crippen molar-refractivity contribution in [1.82, 2.24) is 10.2 Å². The fourth-order valence-corrected chi connectivity index (χ4v) is 3.14. The van der Waals surface area contributed by atoms with E-state index < -0.39 is 0 Å². The molecule has 1 aromatic rings. The molecule has 2 amide bonds. The third-order valence-electron chi connectivity index (χ3n) is 3.65. The van der Waals surface area contributed by atoms with Gasteiger partial charge in [0.25, 0.3) is 0 Å². The van der Waals surface area contributed by atoms with E-state index in [1.807, 2.05) is 22.4 Å². The molecule has 1 saturated heterocycles. The zero-order valence-corrected chi connectivity index (χ0v) is 13.2. The monoisotopic (exact) mass is 310 g/mol. The average Bonchev–Trinajstić information content (AvgIpc) is 2.98. The van der Waals surface area contributed by atoms with Gasteiger partial charge in [0.1, 0.15) is 0 Å². The smallest absolute Gasteiger partial charge is 0.227 e. The molecule has 2 heterocycles. The van der Waals surface area contributed by atoms with Crippen LogP contribution in [0.2, 0.25) is 0 Å². The molecule has 0 atom stereocenters. The zero-order valence-electron chi connectivity index (χ0n) is 12.3. The first-order valence-electron chi connectivity index (χ1n) is 7.27. The molecule has 0 unspecified atom stereocenters. The Labute approximate surface area is 129 Å². The predicted molar refractivity (Wildman–Crippen MR) is 82.3 cm³/mol. The molecule has 116 valence electrons. The number of thiophene rings is 1. The van der Waals surface area contributed by atoms with E-state index in [1.165, 1.54) is 0 Å². The van der Waals surface area contributed by atoms with Crippen LogP contribution >= 0.6 is 11.3 Å². The maximum atomic E-state index is 12.2. The van der Waals surface area contributed by atoms with Crippen LogP contribution in [-0.4, -0.2) is 49.6 Å². The van der Waals surface area contributed by atoms with Crippen molar-refractivity contribution in [3.63, 3.8) is 0 Å². The van der Waals surface area contributed by atoms with E-state index in [-0.39, 0.29) is 17.9 Å². The molecule has 0 saturated carbocycles. The number of carbonyl (C=O) groups excluding carboxylic acids is 2. The maximum absolute atomic E-state index is 12.2. The number of amides is 2. The molecule has 0 spiro atoms. The van der Waals surface area contributed by atoms with E-state index in [1.54, 1.807) is 18.4 Å². The molecule has 0 aromatic carbocycles. The van der Waals surface area contributed by atoms with Gasteiger partial charge in [-0.1, -0.05) is 6.07 Å². The van der Waals surface area contributed by atoms with Gasteiger partial charge in [-0.2, -0.15) is 0 Å². The van der Waals surface area contributed by atoms with E-state index in [9.17, 15) is 9.59 Å². The first-order chi connectivity index (χ1) is 10.2. The molecule has 1 aromatic heterocycles. The van der Waals surface area contributed by atoms with E-state index in [2.05, 4.69) is 5.32 Å². The fourth-order valence-electron chi connectivity index (χ4n) is 2.44. The topological polar surface area (TPSA) is 58.6 Å². The lowest BCUT2D eigenvalue weighted by molar-refractivity contribution is -0.131. The summed E-state index contributed by atoms with van der Waals surface area (Å²) in [5.41, 5.74) is 0. The Bertz CT molecular complexity index is 453. The Kier molecular flexibility index (Phi) is 6.20. The molecule has 1 N–H and O–H groups in total. The molecule has 0 radical (unpaired) electrons. The highest BCUT2D eigenvalue weighted by Gasteiger charge is 2.23. The first kappa shape index (κ1) is 16.0. The fraction of sp³-hybridized carbons (Fsp3) is 0.600. The highest BCUT2D eigenvalue weighted by atomic mass is 32.1.